The lowest BCUT2D eigenvalue weighted by molar-refractivity contribution is -0.274. The number of ether oxygens (including phenoxy) is 1. The lowest BCUT2D eigenvalue weighted by atomic mass is 10.1. The Morgan fingerprint density at radius 1 is 1.07 bits per heavy atom. The van der Waals surface area contributed by atoms with E-state index in [1.165, 1.54) is 28.8 Å². The van der Waals surface area contributed by atoms with Gasteiger partial charge in [-0.05, 0) is 31.2 Å². The molecule has 4 rings (SSSR count). The number of fused-ring (bicyclic) bond motifs is 1. The molecule has 0 spiro atoms. The highest BCUT2D eigenvalue weighted by Gasteiger charge is 2.31. The molecule has 150 valence electrons. The Morgan fingerprint density at radius 2 is 1.79 bits per heavy atom. The fourth-order valence-corrected chi connectivity index (χ4v) is 3.21. The summed E-state index contributed by atoms with van der Waals surface area (Å²) in [4.78, 5) is 13.1. The molecule has 0 amide bonds. The van der Waals surface area contributed by atoms with Crippen molar-refractivity contribution in [1.29, 1.82) is 0 Å². The standard InChI is InChI=1S/C19H16F3N5O2/c1-3-27-17-15(9-24-27)16(12-8-23-25(2)10-12)11-26(18(17)28)13-4-6-14(7-5-13)29-19(20,21)22/h4-11H,3H2,1-2H3. The first-order chi connectivity index (χ1) is 13.8. The summed E-state index contributed by atoms with van der Waals surface area (Å²) in [5.41, 5.74) is 2.02. The van der Waals surface area contributed by atoms with Gasteiger partial charge in [0, 0.05) is 48.2 Å². The van der Waals surface area contributed by atoms with E-state index in [1.54, 1.807) is 35.0 Å². The molecular formula is C19H16F3N5O2. The van der Waals surface area contributed by atoms with Crippen LogP contribution in [-0.2, 0) is 13.6 Å². The number of aryl methyl sites for hydroxylation is 2. The first-order valence-corrected chi connectivity index (χ1v) is 8.73. The predicted octanol–water partition coefficient (Wildman–Crippen LogP) is 3.51. The number of benzene rings is 1. The molecule has 0 bridgehead atoms. The van der Waals surface area contributed by atoms with E-state index in [9.17, 15) is 18.0 Å². The number of hydrogen-bond acceptors (Lipinski definition) is 4. The third kappa shape index (κ3) is 3.48. The minimum Gasteiger partial charge on any atom is -0.406 e. The molecule has 3 heterocycles. The zero-order valence-electron chi connectivity index (χ0n) is 15.5. The number of alkyl halides is 3. The minimum absolute atomic E-state index is 0.323. The van der Waals surface area contributed by atoms with Gasteiger partial charge in [0.1, 0.15) is 11.3 Å². The smallest absolute Gasteiger partial charge is 0.406 e. The van der Waals surface area contributed by atoms with Crippen LogP contribution >= 0.6 is 0 Å². The number of pyridine rings is 1. The van der Waals surface area contributed by atoms with Crippen LogP contribution in [0.25, 0.3) is 27.7 Å². The largest absolute Gasteiger partial charge is 0.573 e. The minimum atomic E-state index is -4.78. The maximum absolute atomic E-state index is 13.1. The second kappa shape index (κ2) is 6.80. The van der Waals surface area contributed by atoms with Crippen LogP contribution in [-0.4, -0.2) is 30.5 Å². The normalized spacial score (nSPS) is 11.9. The van der Waals surface area contributed by atoms with Gasteiger partial charge >= 0.3 is 6.36 Å². The van der Waals surface area contributed by atoms with Crippen LogP contribution in [0.5, 0.6) is 5.75 Å². The van der Waals surface area contributed by atoms with Gasteiger partial charge in [0.25, 0.3) is 5.56 Å². The first-order valence-electron chi connectivity index (χ1n) is 8.73. The van der Waals surface area contributed by atoms with Gasteiger partial charge in [0.15, 0.2) is 0 Å². The summed E-state index contributed by atoms with van der Waals surface area (Å²) in [6.07, 6.45) is 1.98. The van der Waals surface area contributed by atoms with Crippen molar-refractivity contribution in [3.8, 4) is 22.6 Å². The van der Waals surface area contributed by atoms with Crippen molar-refractivity contribution >= 4 is 10.9 Å². The van der Waals surface area contributed by atoms with Crippen LogP contribution in [0.1, 0.15) is 6.92 Å². The Hall–Kier alpha value is -3.56. The zero-order valence-corrected chi connectivity index (χ0v) is 15.5. The monoisotopic (exact) mass is 403 g/mol. The molecule has 1 aromatic carbocycles. The number of rotatable bonds is 4. The van der Waals surface area contributed by atoms with Crippen molar-refractivity contribution in [2.24, 2.45) is 7.05 Å². The molecular weight excluding hydrogens is 387 g/mol. The molecule has 0 saturated heterocycles. The molecule has 3 aromatic heterocycles. The van der Waals surface area contributed by atoms with Gasteiger partial charge in [0.05, 0.1) is 12.4 Å². The number of aromatic nitrogens is 5. The van der Waals surface area contributed by atoms with E-state index >= 15 is 0 Å². The molecule has 0 N–H and O–H groups in total. The SMILES string of the molecule is CCn1ncc2c(-c3cnn(C)c3)cn(-c3ccc(OC(F)(F)F)cc3)c(=O)c21. The Morgan fingerprint density at radius 3 is 2.38 bits per heavy atom. The maximum atomic E-state index is 13.1. The molecule has 0 saturated carbocycles. The van der Waals surface area contributed by atoms with Crippen LogP contribution in [0.4, 0.5) is 13.2 Å². The second-order valence-corrected chi connectivity index (χ2v) is 6.38. The quantitative estimate of drug-likeness (QED) is 0.523. The zero-order chi connectivity index (χ0) is 20.8. The lowest BCUT2D eigenvalue weighted by Crippen LogP contribution is -2.21. The van der Waals surface area contributed by atoms with E-state index in [0.717, 1.165) is 11.1 Å². The van der Waals surface area contributed by atoms with Crippen LogP contribution < -0.4 is 10.3 Å². The van der Waals surface area contributed by atoms with Crippen molar-refractivity contribution in [1.82, 2.24) is 24.1 Å². The Bertz CT molecular complexity index is 1240. The molecule has 0 unspecified atom stereocenters. The molecule has 0 aliphatic carbocycles. The maximum Gasteiger partial charge on any atom is 0.573 e. The number of hydrogen-bond donors (Lipinski definition) is 0. The van der Waals surface area contributed by atoms with Crippen molar-refractivity contribution in [3.05, 3.63) is 59.4 Å². The molecule has 0 fully saturated rings. The molecule has 10 heteroatoms. The van der Waals surface area contributed by atoms with Gasteiger partial charge in [-0.3, -0.25) is 18.7 Å². The average Bonchev–Trinajstić information content (AvgIpc) is 3.28. The van der Waals surface area contributed by atoms with Gasteiger partial charge < -0.3 is 4.74 Å². The van der Waals surface area contributed by atoms with Gasteiger partial charge in [-0.15, -0.1) is 13.2 Å². The summed E-state index contributed by atoms with van der Waals surface area (Å²) in [6.45, 7) is 2.36. The van der Waals surface area contributed by atoms with Gasteiger partial charge in [-0.2, -0.15) is 10.2 Å². The fourth-order valence-electron chi connectivity index (χ4n) is 3.21. The van der Waals surface area contributed by atoms with Crippen LogP contribution in [0.15, 0.2) is 53.8 Å². The van der Waals surface area contributed by atoms with Gasteiger partial charge in [-0.1, -0.05) is 0 Å². The third-order valence-corrected chi connectivity index (χ3v) is 4.47. The van der Waals surface area contributed by atoms with Crippen LogP contribution in [0.3, 0.4) is 0 Å². The molecule has 0 aliphatic heterocycles. The van der Waals surface area contributed by atoms with Crippen LogP contribution in [0, 0.1) is 0 Å². The number of halogens is 3. The highest BCUT2D eigenvalue weighted by molar-refractivity contribution is 5.93. The van der Waals surface area contributed by atoms with E-state index in [0.29, 0.717) is 23.1 Å². The van der Waals surface area contributed by atoms with E-state index in [2.05, 4.69) is 14.9 Å². The van der Waals surface area contributed by atoms with E-state index in [-0.39, 0.29) is 11.3 Å². The predicted molar refractivity (Wildman–Crippen MR) is 99.9 cm³/mol. The summed E-state index contributed by atoms with van der Waals surface area (Å²) < 4.78 is 45.7. The highest BCUT2D eigenvalue weighted by Crippen LogP contribution is 2.28. The van der Waals surface area contributed by atoms with Crippen LogP contribution in [0.2, 0.25) is 0 Å². The lowest BCUT2D eigenvalue weighted by Gasteiger charge is -2.12. The fraction of sp³-hybridized carbons (Fsp3) is 0.211. The topological polar surface area (TPSA) is 66.9 Å². The van der Waals surface area contributed by atoms with E-state index in [4.69, 9.17) is 0 Å². The van der Waals surface area contributed by atoms with Gasteiger partial charge in [-0.25, -0.2) is 0 Å². The van der Waals surface area contributed by atoms with Crippen molar-refractivity contribution in [2.45, 2.75) is 19.8 Å². The van der Waals surface area contributed by atoms with Crippen molar-refractivity contribution in [3.63, 3.8) is 0 Å². The Labute approximate surface area is 162 Å². The first kappa shape index (κ1) is 18.8. The summed E-state index contributed by atoms with van der Waals surface area (Å²) in [6, 6.07) is 5.13. The number of nitrogens with zero attached hydrogens (tertiary/aromatic N) is 5. The molecule has 7 nitrogen and oxygen atoms in total. The van der Waals surface area contributed by atoms with Crippen molar-refractivity contribution in [2.75, 3.05) is 0 Å². The summed E-state index contributed by atoms with van der Waals surface area (Å²) in [5, 5.41) is 9.14. The highest BCUT2D eigenvalue weighted by atomic mass is 19.4. The molecule has 0 aliphatic rings. The van der Waals surface area contributed by atoms with E-state index in [1.807, 2.05) is 13.1 Å². The summed E-state index contributed by atoms with van der Waals surface area (Å²) >= 11 is 0. The van der Waals surface area contributed by atoms with Crippen molar-refractivity contribution < 1.29 is 17.9 Å². The molecule has 0 atom stereocenters. The molecule has 4 aromatic rings. The third-order valence-electron chi connectivity index (χ3n) is 4.47. The Kier molecular flexibility index (Phi) is 4.40. The van der Waals surface area contributed by atoms with Gasteiger partial charge in [0.2, 0.25) is 0 Å². The Balaban J connectivity index is 1.90. The van der Waals surface area contributed by atoms with E-state index < -0.39 is 6.36 Å². The molecule has 0 radical (unpaired) electrons. The molecule has 29 heavy (non-hydrogen) atoms. The average molecular weight is 403 g/mol. The summed E-state index contributed by atoms with van der Waals surface area (Å²) in [5.74, 6) is -0.360. The summed E-state index contributed by atoms with van der Waals surface area (Å²) in [7, 11) is 1.78. The second-order valence-electron chi connectivity index (χ2n) is 6.38.